The molecular formula is C30H56O3Si2. The van der Waals surface area contributed by atoms with E-state index in [1.807, 2.05) is 0 Å². The van der Waals surface area contributed by atoms with Crippen LogP contribution in [-0.4, -0.2) is 23.2 Å². The zero-order chi connectivity index (χ0) is 26.7. The first-order valence-corrected chi connectivity index (χ1v) is 18.6. The lowest BCUT2D eigenvalue weighted by molar-refractivity contribution is 0.270. The molecule has 2 rings (SSSR count). The van der Waals surface area contributed by atoms with Gasteiger partial charge in [-0.15, -0.1) is 0 Å². The lowest BCUT2D eigenvalue weighted by Gasteiger charge is -2.43. The van der Waals surface area contributed by atoms with Crippen LogP contribution in [0.1, 0.15) is 120 Å². The van der Waals surface area contributed by atoms with Gasteiger partial charge in [0.2, 0.25) is 0 Å². The monoisotopic (exact) mass is 520 g/mol. The maximum absolute atomic E-state index is 7.09. The summed E-state index contributed by atoms with van der Waals surface area (Å²) in [5.74, 6) is 3.74. The molecule has 1 unspecified atom stereocenters. The van der Waals surface area contributed by atoms with Crippen molar-refractivity contribution in [3.63, 3.8) is 0 Å². The molecule has 0 radical (unpaired) electrons. The normalized spacial score (nSPS) is 18.0. The molecule has 1 atom stereocenters. The Hall–Kier alpha value is -0.786. The highest BCUT2D eigenvalue weighted by Crippen LogP contribution is 2.48. The summed E-state index contributed by atoms with van der Waals surface area (Å²) in [4.78, 5) is 0. The van der Waals surface area contributed by atoms with Crippen LogP contribution in [0, 0.1) is 0 Å². The Bertz CT molecular complexity index is 789. The van der Waals surface area contributed by atoms with Gasteiger partial charge in [-0.05, 0) is 64.3 Å². The number of hydrogen-bond donors (Lipinski definition) is 0. The molecule has 5 heteroatoms. The van der Waals surface area contributed by atoms with Crippen LogP contribution < -0.4 is 0 Å². The lowest BCUT2D eigenvalue weighted by atomic mass is 10.0. The molecular weight excluding hydrogens is 464 g/mol. The zero-order valence-electron chi connectivity index (χ0n) is 25.2. The molecule has 0 spiro atoms. The standard InChI is InChI=1S/C30H56O3Si2/c1-20(2)34(21(3)4,22(5)6)31-19-18-27-14-16-30(32-27)28-15-17-29(26(28)13)33-35(23(7)8,24(9)10)25(11)12/h14,16,20-25,28H,15,17-19H2,1-13H3. The molecule has 0 aromatic carbocycles. The van der Waals surface area contributed by atoms with E-state index in [0.29, 0.717) is 39.2 Å². The van der Waals surface area contributed by atoms with E-state index in [-0.39, 0.29) is 0 Å². The summed E-state index contributed by atoms with van der Waals surface area (Å²) >= 11 is 0. The van der Waals surface area contributed by atoms with Gasteiger partial charge in [0.1, 0.15) is 11.5 Å². The molecule has 0 fully saturated rings. The summed E-state index contributed by atoms with van der Waals surface area (Å²) in [6.07, 6.45) is 2.97. The minimum Gasteiger partial charge on any atom is -0.546 e. The maximum Gasteiger partial charge on any atom is 0.258 e. The second-order valence-corrected chi connectivity index (χ2v) is 23.7. The molecule has 1 aromatic heterocycles. The minimum atomic E-state index is -1.92. The lowest BCUT2D eigenvalue weighted by Crippen LogP contribution is -2.48. The van der Waals surface area contributed by atoms with Crippen molar-refractivity contribution in [1.29, 1.82) is 0 Å². The molecule has 35 heavy (non-hydrogen) atoms. The van der Waals surface area contributed by atoms with Crippen LogP contribution in [0.5, 0.6) is 0 Å². The Balaban J connectivity index is 2.14. The van der Waals surface area contributed by atoms with Crippen molar-refractivity contribution in [2.75, 3.05) is 6.61 Å². The Morgan fingerprint density at radius 1 is 0.771 bits per heavy atom. The predicted octanol–water partition coefficient (Wildman–Crippen LogP) is 10.4. The van der Waals surface area contributed by atoms with Crippen LogP contribution in [-0.2, 0) is 15.3 Å². The van der Waals surface area contributed by atoms with E-state index >= 15 is 0 Å². The summed E-state index contributed by atoms with van der Waals surface area (Å²) in [7, 11) is -3.76. The van der Waals surface area contributed by atoms with E-state index < -0.39 is 16.6 Å². The smallest absolute Gasteiger partial charge is 0.258 e. The summed E-state index contributed by atoms with van der Waals surface area (Å²) in [5, 5.41) is 0. The van der Waals surface area contributed by atoms with E-state index in [1.54, 1.807) is 0 Å². The molecule has 1 heterocycles. The van der Waals surface area contributed by atoms with Crippen molar-refractivity contribution < 1.29 is 13.3 Å². The van der Waals surface area contributed by atoms with Crippen LogP contribution in [0.2, 0.25) is 33.2 Å². The van der Waals surface area contributed by atoms with Gasteiger partial charge in [-0.2, -0.15) is 0 Å². The molecule has 0 N–H and O–H groups in total. The van der Waals surface area contributed by atoms with E-state index in [2.05, 4.69) is 102 Å². The molecule has 0 aliphatic heterocycles. The third kappa shape index (κ3) is 6.04. The number of hydrogen-bond acceptors (Lipinski definition) is 3. The van der Waals surface area contributed by atoms with E-state index in [4.69, 9.17) is 13.3 Å². The van der Waals surface area contributed by atoms with Gasteiger partial charge < -0.3 is 13.3 Å². The SMILES string of the molecule is CC1=C(O[Si](C(C)C)(C(C)C)C(C)C)CCC1c1ccc(CCO[Si](C(C)C)(C(C)C)C(C)C)o1. The zero-order valence-corrected chi connectivity index (χ0v) is 27.2. The number of rotatable bonds is 13. The highest BCUT2D eigenvalue weighted by Gasteiger charge is 2.48. The highest BCUT2D eigenvalue weighted by molar-refractivity contribution is 6.78. The van der Waals surface area contributed by atoms with Crippen LogP contribution in [0.3, 0.4) is 0 Å². The minimum absolute atomic E-state index is 0.341. The van der Waals surface area contributed by atoms with E-state index in [0.717, 1.165) is 37.4 Å². The van der Waals surface area contributed by atoms with Crippen molar-refractivity contribution >= 4 is 16.6 Å². The number of allylic oxidation sites excluding steroid dienone is 2. The van der Waals surface area contributed by atoms with Gasteiger partial charge in [0.25, 0.3) is 8.32 Å². The van der Waals surface area contributed by atoms with E-state index in [1.165, 1.54) is 11.3 Å². The second-order valence-electron chi connectivity index (χ2n) is 12.8. The van der Waals surface area contributed by atoms with Crippen LogP contribution in [0.4, 0.5) is 0 Å². The van der Waals surface area contributed by atoms with E-state index in [9.17, 15) is 0 Å². The largest absolute Gasteiger partial charge is 0.546 e. The molecule has 1 aliphatic rings. The fraction of sp³-hybridized carbons (Fsp3) is 0.800. The first-order valence-electron chi connectivity index (χ1n) is 14.3. The average molecular weight is 521 g/mol. The second kappa shape index (κ2) is 12.2. The molecule has 0 amide bonds. The van der Waals surface area contributed by atoms with Crippen LogP contribution in [0.15, 0.2) is 27.9 Å². The fourth-order valence-electron chi connectivity index (χ4n) is 7.48. The Morgan fingerprint density at radius 3 is 1.71 bits per heavy atom. The molecule has 0 bridgehead atoms. The quantitative estimate of drug-likeness (QED) is 0.242. The third-order valence-corrected chi connectivity index (χ3v) is 21.2. The Kier molecular flexibility index (Phi) is 10.6. The van der Waals surface area contributed by atoms with Gasteiger partial charge in [0, 0.05) is 25.4 Å². The first-order chi connectivity index (χ1) is 16.2. The van der Waals surface area contributed by atoms with Gasteiger partial charge >= 0.3 is 0 Å². The molecule has 1 aliphatic carbocycles. The van der Waals surface area contributed by atoms with Crippen molar-refractivity contribution in [3.05, 3.63) is 35.0 Å². The van der Waals surface area contributed by atoms with Gasteiger partial charge in [0.15, 0.2) is 8.32 Å². The Morgan fingerprint density at radius 2 is 1.26 bits per heavy atom. The summed E-state index contributed by atoms with van der Waals surface area (Å²) < 4.78 is 20.3. The molecule has 0 saturated carbocycles. The Labute approximate surface area is 219 Å². The summed E-state index contributed by atoms with van der Waals surface area (Å²) in [6.45, 7) is 31.3. The molecule has 1 aromatic rings. The number of furan rings is 1. The van der Waals surface area contributed by atoms with Crippen molar-refractivity contribution in [2.24, 2.45) is 0 Å². The highest BCUT2D eigenvalue weighted by atomic mass is 28.4. The van der Waals surface area contributed by atoms with Gasteiger partial charge in [-0.3, -0.25) is 0 Å². The van der Waals surface area contributed by atoms with Crippen molar-refractivity contribution in [3.8, 4) is 0 Å². The summed E-state index contributed by atoms with van der Waals surface area (Å²) in [5.41, 5.74) is 4.99. The molecule has 0 saturated heterocycles. The molecule has 3 nitrogen and oxygen atoms in total. The van der Waals surface area contributed by atoms with Crippen molar-refractivity contribution in [2.45, 2.75) is 148 Å². The van der Waals surface area contributed by atoms with Gasteiger partial charge in [-0.25, -0.2) is 0 Å². The third-order valence-electron chi connectivity index (χ3n) is 9.06. The predicted molar refractivity (Wildman–Crippen MR) is 156 cm³/mol. The maximum atomic E-state index is 7.09. The first kappa shape index (κ1) is 30.4. The van der Waals surface area contributed by atoms with Gasteiger partial charge in [0.05, 0.1) is 5.76 Å². The summed E-state index contributed by atoms with van der Waals surface area (Å²) in [6, 6.07) is 4.37. The molecule has 202 valence electrons. The fourth-order valence-corrected chi connectivity index (χ4v) is 18.3. The average Bonchev–Trinajstić information content (AvgIpc) is 3.34. The van der Waals surface area contributed by atoms with Gasteiger partial charge in [-0.1, -0.05) is 83.1 Å². The van der Waals surface area contributed by atoms with Crippen LogP contribution in [0.25, 0.3) is 0 Å². The topological polar surface area (TPSA) is 31.6 Å². The van der Waals surface area contributed by atoms with Crippen molar-refractivity contribution in [1.82, 2.24) is 0 Å². The van der Waals surface area contributed by atoms with Crippen LogP contribution >= 0.6 is 0 Å².